The number of piperazine rings is 1. The van der Waals surface area contributed by atoms with E-state index in [4.69, 9.17) is 4.74 Å². The molecular formula is C22H23N3O2S. The molecule has 1 amide bonds. The number of rotatable bonds is 4. The zero-order valence-electron chi connectivity index (χ0n) is 16.1. The summed E-state index contributed by atoms with van der Waals surface area (Å²) >= 11 is 1.47. The van der Waals surface area contributed by atoms with Crippen LogP contribution < -0.4 is 9.64 Å². The van der Waals surface area contributed by atoms with Crippen molar-refractivity contribution in [3.63, 3.8) is 0 Å². The molecule has 0 saturated carbocycles. The van der Waals surface area contributed by atoms with Crippen molar-refractivity contribution in [1.29, 1.82) is 0 Å². The minimum absolute atomic E-state index is 0.0856. The second-order valence-electron chi connectivity index (χ2n) is 6.78. The molecule has 0 bridgehead atoms. The maximum atomic E-state index is 13.1. The fourth-order valence-corrected chi connectivity index (χ4v) is 4.44. The predicted octanol–water partition coefficient (Wildman–Crippen LogP) is 4.09. The molecular weight excluding hydrogens is 370 g/mol. The van der Waals surface area contributed by atoms with E-state index in [0.717, 1.165) is 53.1 Å². The van der Waals surface area contributed by atoms with Gasteiger partial charge in [-0.25, -0.2) is 4.98 Å². The Hall–Kier alpha value is -2.86. The van der Waals surface area contributed by atoms with Gasteiger partial charge < -0.3 is 14.5 Å². The molecule has 5 nitrogen and oxygen atoms in total. The lowest BCUT2D eigenvalue weighted by atomic mass is 10.2. The van der Waals surface area contributed by atoms with Gasteiger partial charge in [-0.05, 0) is 43.3 Å². The molecule has 1 saturated heterocycles. The van der Waals surface area contributed by atoms with E-state index in [0.29, 0.717) is 0 Å². The summed E-state index contributed by atoms with van der Waals surface area (Å²) < 4.78 is 5.21. The third-order valence-corrected chi connectivity index (χ3v) is 6.21. The van der Waals surface area contributed by atoms with E-state index in [1.807, 2.05) is 54.3 Å². The largest absolute Gasteiger partial charge is 0.497 e. The molecule has 2 heterocycles. The van der Waals surface area contributed by atoms with Crippen LogP contribution >= 0.6 is 11.3 Å². The Morgan fingerprint density at radius 3 is 2.32 bits per heavy atom. The maximum absolute atomic E-state index is 13.1. The monoisotopic (exact) mass is 393 g/mol. The number of hydrogen-bond donors (Lipinski definition) is 0. The van der Waals surface area contributed by atoms with Gasteiger partial charge in [-0.15, -0.1) is 11.3 Å². The lowest BCUT2D eigenvalue weighted by molar-refractivity contribution is 0.0750. The fourth-order valence-electron chi connectivity index (χ4n) is 3.40. The Balaban J connectivity index is 1.46. The Bertz CT molecular complexity index is 946. The summed E-state index contributed by atoms with van der Waals surface area (Å²) in [5.74, 6) is 0.895. The number of nitrogens with zero attached hydrogens (tertiary/aromatic N) is 3. The molecule has 1 aliphatic heterocycles. The molecule has 2 aromatic carbocycles. The number of para-hydroxylation sites is 1. The van der Waals surface area contributed by atoms with Crippen LogP contribution in [0, 0.1) is 6.92 Å². The van der Waals surface area contributed by atoms with E-state index in [1.165, 1.54) is 17.0 Å². The van der Waals surface area contributed by atoms with Gasteiger partial charge in [-0.2, -0.15) is 0 Å². The highest BCUT2D eigenvalue weighted by atomic mass is 32.1. The summed E-state index contributed by atoms with van der Waals surface area (Å²) in [6.07, 6.45) is 0. The standard InChI is InChI=1S/C22H23N3O2S/c1-16-20(28-21(23-16)17-8-10-19(27-2)11-9-17)22(26)25-14-12-24(13-15-25)18-6-4-3-5-7-18/h3-11H,12-15H2,1-2H3. The van der Waals surface area contributed by atoms with Crippen molar-refractivity contribution in [2.45, 2.75) is 6.92 Å². The van der Waals surface area contributed by atoms with Gasteiger partial charge in [-0.1, -0.05) is 18.2 Å². The van der Waals surface area contributed by atoms with E-state index in [2.05, 4.69) is 22.0 Å². The first-order chi connectivity index (χ1) is 13.7. The van der Waals surface area contributed by atoms with Crippen molar-refractivity contribution in [2.75, 3.05) is 38.2 Å². The number of carbonyl (C=O) groups is 1. The second-order valence-corrected chi connectivity index (χ2v) is 7.78. The highest BCUT2D eigenvalue weighted by Gasteiger charge is 2.25. The third kappa shape index (κ3) is 3.73. The fraction of sp³-hybridized carbons (Fsp3) is 0.273. The number of methoxy groups -OCH3 is 1. The van der Waals surface area contributed by atoms with Crippen LogP contribution in [0.3, 0.4) is 0 Å². The SMILES string of the molecule is COc1ccc(-c2nc(C)c(C(=O)N3CCN(c4ccccc4)CC3)s2)cc1. The first-order valence-corrected chi connectivity index (χ1v) is 10.2. The van der Waals surface area contributed by atoms with Crippen LogP contribution in [-0.2, 0) is 0 Å². The van der Waals surface area contributed by atoms with Crippen LogP contribution in [0.2, 0.25) is 0 Å². The van der Waals surface area contributed by atoms with Gasteiger partial charge >= 0.3 is 0 Å². The molecule has 1 fully saturated rings. The number of ether oxygens (including phenoxy) is 1. The van der Waals surface area contributed by atoms with Crippen molar-refractivity contribution in [3.05, 3.63) is 65.2 Å². The van der Waals surface area contributed by atoms with Crippen LogP contribution in [0.4, 0.5) is 5.69 Å². The number of amides is 1. The van der Waals surface area contributed by atoms with Gasteiger partial charge in [0.05, 0.1) is 12.8 Å². The minimum atomic E-state index is 0.0856. The Kier molecular flexibility index (Phi) is 5.30. The normalized spacial score (nSPS) is 14.2. The number of thiazole rings is 1. The van der Waals surface area contributed by atoms with Crippen LogP contribution in [-0.4, -0.2) is 49.1 Å². The van der Waals surface area contributed by atoms with E-state index >= 15 is 0 Å². The maximum Gasteiger partial charge on any atom is 0.265 e. The molecule has 28 heavy (non-hydrogen) atoms. The highest BCUT2D eigenvalue weighted by Crippen LogP contribution is 2.30. The Morgan fingerprint density at radius 1 is 1.00 bits per heavy atom. The van der Waals surface area contributed by atoms with Gasteiger partial charge in [0.1, 0.15) is 15.6 Å². The molecule has 3 aromatic rings. The number of anilines is 1. The lowest BCUT2D eigenvalue weighted by Gasteiger charge is -2.36. The number of benzene rings is 2. The van der Waals surface area contributed by atoms with Gasteiger partial charge in [0.25, 0.3) is 5.91 Å². The summed E-state index contributed by atoms with van der Waals surface area (Å²) in [5.41, 5.74) is 3.01. The lowest BCUT2D eigenvalue weighted by Crippen LogP contribution is -2.48. The van der Waals surface area contributed by atoms with Crippen LogP contribution in [0.15, 0.2) is 54.6 Å². The van der Waals surface area contributed by atoms with E-state index in [9.17, 15) is 4.79 Å². The minimum Gasteiger partial charge on any atom is -0.497 e. The van der Waals surface area contributed by atoms with E-state index in [1.54, 1.807) is 7.11 Å². The van der Waals surface area contributed by atoms with Crippen molar-refractivity contribution < 1.29 is 9.53 Å². The zero-order valence-corrected chi connectivity index (χ0v) is 16.9. The topological polar surface area (TPSA) is 45.7 Å². The molecule has 0 radical (unpaired) electrons. The van der Waals surface area contributed by atoms with Crippen molar-refractivity contribution in [2.24, 2.45) is 0 Å². The molecule has 4 rings (SSSR count). The summed E-state index contributed by atoms with van der Waals surface area (Å²) in [6.45, 7) is 5.06. The van der Waals surface area contributed by atoms with E-state index < -0.39 is 0 Å². The summed E-state index contributed by atoms with van der Waals surface area (Å²) in [5, 5.41) is 0.867. The molecule has 0 spiro atoms. The second kappa shape index (κ2) is 8.02. The molecule has 0 aliphatic carbocycles. The zero-order chi connectivity index (χ0) is 19.5. The molecule has 0 N–H and O–H groups in total. The molecule has 0 atom stereocenters. The summed E-state index contributed by atoms with van der Waals surface area (Å²) in [4.78, 5) is 22.7. The molecule has 6 heteroatoms. The first-order valence-electron chi connectivity index (χ1n) is 9.37. The predicted molar refractivity (Wildman–Crippen MR) is 113 cm³/mol. The average molecular weight is 394 g/mol. The number of hydrogen-bond acceptors (Lipinski definition) is 5. The number of aromatic nitrogens is 1. The summed E-state index contributed by atoms with van der Waals surface area (Å²) in [6, 6.07) is 18.1. The smallest absolute Gasteiger partial charge is 0.265 e. The van der Waals surface area contributed by atoms with Gasteiger partial charge in [-0.3, -0.25) is 4.79 Å². The van der Waals surface area contributed by atoms with Crippen LogP contribution in [0.25, 0.3) is 10.6 Å². The van der Waals surface area contributed by atoms with E-state index in [-0.39, 0.29) is 5.91 Å². The number of aryl methyl sites for hydroxylation is 1. The van der Waals surface area contributed by atoms with Gasteiger partial charge in [0, 0.05) is 37.4 Å². The first kappa shape index (κ1) is 18.5. The Labute approximate surface area is 169 Å². The quantitative estimate of drug-likeness (QED) is 0.670. The third-order valence-electron chi connectivity index (χ3n) is 5.02. The van der Waals surface area contributed by atoms with Gasteiger partial charge in [0.15, 0.2) is 0 Å². The molecule has 1 aliphatic rings. The number of carbonyl (C=O) groups excluding carboxylic acids is 1. The van der Waals surface area contributed by atoms with Crippen LogP contribution in [0.1, 0.15) is 15.4 Å². The van der Waals surface area contributed by atoms with Crippen molar-refractivity contribution >= 4 is 22.9 Å². The molecule has 1 aromatic heterocycles. The van der Waals surface area contributed by atoms with Crippen molar-refractivity contribution in [1.82, 2.24) is 9.88 Å². The van der Waals surface area contributed by atoms with Crippen LogP contribution in [0.5, 0.6) is 5.75 Å². The molecule has 144 valence electrons. The van der Waals surface area contributed by atoms with Gasteiger partial charge in [0.2, 0.25) is 0 Å². The summed E-state index contributed by atoms with van der Waals surface area (Å²) in [7, 11) is 1.65. The molecule has 0 unspecified atom stereocenters. The highest BCUT2D eigenvalue weighted by molar-refractivity contribution is 7.17. The van der Waals surface area contributed by atoms with Crippen molar-refractivity contribution in [3.8, 4) is 16.3 Å². The Morgan fingerprint density at radius 2 is 1.68 bits per heavy atom. The average Bonchev–Trinajstić information content (AvgIpc) is 3.15.